The number of anilines is 3. The van der Waals surface area contributed by atoms with Gasteiger partial charge >= 0.3 is 0 Å². The first-order chi connectivity index (χ1) is 11.7. The van der Waals surface area contributed by atoms with Crippen LogP contribution < -0.4 is 11.1 Å². The van der Waals surface area contributed by atoms with Crippen LogP contribution in [0.15, 0.2) is 54.6 Å². The van der Waals surface area contributed by atoms with Crippen LogP contribution >= 0.6 is 11.6 Å². The Balaban J connectivity index is 1.77. The van der Waals surface area contributed by atoms with E-state index in [9.17, 15) is 0 Å². The van der Waals surface area contributed by atoms with Crippen LogP contribution in [0, 0.1) is 0 Å². The van der Waals surface area contributed by atoms with Crippen molar-refractivity contribution in [3.05, 3.63) is 59.6 Å². The number of nitrogen functional groups attached to an aromatic ring is 1. The zero-order valence-corrected chi connectivity index (χ0v) is 13.2. The molecule has 0 bridgehead atoms. The Bertz CT molecular complexity index is 1010. The van der Waals surface area contributed by atoms with Crippen LogP contribution in [0.3, 0.4) is 0 Å². The first kappa shape index (κ1) is 14.5. The van der Waals surface area contributed by atoms with Gasteiger partial charge in [-0.15, -0.1) is 0 Å². The van der Waals surface area contributed by atoms with Crippen molar-refractivity contribution in [2.24, 2.45) is 0 Å². The van der Waals surface area contributed by atoms with E-state index in [0.717, 1.165) is 11.3 Å². The maximum absolute atomic E-state index is 6.15. The number of halogens is 1. The van der Waals surface area contributed by atoms with Crippen molar-refractivity contribution in [1.82, 2.24) is 20.2 Å². The third kappa shape index (κ3) is 2.63. The molecule has 24 heavy (non-hydrogen) atoms. The molecule has 0 spiro atoms. The fraction of sp³-hybridized carbons (Fsp3) is 0. The summed E-state index contributed by atoms with van der Waals surface area (Å²) in [4.78, 5) is 8.89. The molecule has 0 saturated heterocycles. The molecule has 0 unspecified atom stereocenters. The van der Waals surface area contributed by atoms with E-state index < -0.39 is 0 Å². The van der Waals surface area contributed by atoms with Gasteiger partial charge in [-0.3, -0.25) is 5.10 Å². The second-order valence-electron chi connectivity index (χ2n) is 5.23. The van der Waals surface area contributed by atoms with Gasteiger partial charge in [0.2, 0.25) is 0 Å². The predicted molar refractivity (Wildman–Crippen MR) is 96.3 cm³/mol. The molecule has 0 aliphatic heterocycles. The molecule has 4 aromatic rings. The third-order valence-electron chi connectivity index (χ3n) is 3.57. The standard InChI is InChI=1S/C17H13ClN6/c18-11-7-4-8-12(9-11)20-16-13-14(19)21-15(22-17(13)24-23-16)10-5-2-1-3-6-10/h1-9H,(H4,19,20,21,22,23,24). The monoisotopic (exact) mass is 336 g/mol. The second-order valence-corrected chi connectivity index (χ2v) is 5.67. The van der Waals surface area contributed by atoms with E-state index in [1.54, 1.807) is 6.07 Å². The lowest BCUT2D eigenvalue weighted by Crippen LogP contribution is -1.98. The van der Waals surface area contributed by atoms with E-state index >= 15 is 0 Å². The summed E-state index contributed by atoms with van der Waals surface area (Å²) < 4.78 is 0. The summed E-state index contributed by atoms with van der Waals surface area (Å²) in [5, 5.41) is 11.6. The van der Waals surface area contributed by atoms with Gasteiger partial charge in [0.1, 0.15) is 17.0 Å². The summed E-state index contributed by atoms with van der Waals surface area (Å²) in [6.45, 7) is 0. The normalized spacial score (nSPS) is 10.9. The topological polar surface area (TPSA) is 92.5 Å². The number of nitrogens with zero attached hydrogens (tertiary/aromatic N) is 3. The molecule has 0 radical (unpaired) electrons. The summed E-state index contributed by atoms with van der Waals surface area (Å²) in [5.41, 5.74) is 8.36. The molecule has 4 N–H and O–H groups in total. The fourth-order valence-corrected chi connectivity index (χ4v) is 2.66. The summed E-state index contributed by atoms with van der Waals surface area (Å²) in [7, 11) is 0. The van der Waals surface area contributed by atoms with Gasteiger partial charge in [-0.05, 0) is 18.2 Å². The first-order valence-corrected chi connectivity index (χ1v) is 7.68. The van der Waals surface area contributed by atoms with Gasteiger partial charge in [-0.2, -0.15) is 5.10 Å². The molecule has 2 heterocycles. The molecule has 0 saturated carbocycles. The van der Waals surface area contributed by atoms with Crippen molar-refractivity contribution >= 4 is 40.0 Å². The lowest BCUT2D eigenvalue weighted by molar-refractivity contribution is 1.09. The van der Waals surface area contributed by atoms with Crippen LogP contribution in [-0.4, -0.2) is 20.2 Å². The number of hydrogen-bond acceptors (Lipinski definition) is 5. The van der Waals surface area contributed by atoms with Crippen LogP contribution in [0.25, 0.3) is 22.4 Å². The Labute approximate surface area is 142 Å². The van der Waals surface area contributed by atoms with Gasteiger partial charge in [0.05, 0.1) is 0 Å². The van der Waals surface area contributed by atoms with Crippen LogP contribution in [0.4, 0.5) is 17.3 Å². The largest absolute Gasteiger partial charge is 0.383 e. The fourth-order valence-electron chi connectivity index (χ4n) is 2.47. The Hall–Kier alpha value is -3.12. The summed E-state index contributed by atoms with van der Waals surface area (Å²) in [6, 6.07) is 17.0. The van der Waals surface area contributed by atoms with Crippen molar-refractivity contribution in [3.8, 4) is 11.4 Å². The number of H-pyrrole nitrogens is 1. The summed E-state index contributed by atoms with van der Waals surface area (Å²) >= 11 is 6.01. The van der Waals surface area contributed by atoms with Crippen molar-refractivity contribution in [3.63, 3.8) is 0 Å². The van der Waals surface area contributed by atoms with Crippen LogP contribution in [-0.2, 0) is 0 Å². The van der Waals surface area contributed by atoms with Crippen molar-refractivity contribution in [1.29, 1.82) is 0 Å². The zero-order chi connectivity index (χ0) is 16.5. The molecule has 0 atom stereocenters. The molecular formula is C17H13ClN6. The molecule has 4 rings (SSSR count). The van der Waals surface area contributed by atoms with Crippen molar-refractivity contribution in [2.45, 2.75) is 0 Å². The maximum atomic E-state index is 6.15. The smallest absolute Gasteiger partial charge is 0.188 e. The zero-order valence-electron chi connectivity index (χ0n) is 12.5. The Kier molecular flexibility index (Phi) is 3.51. The Morgan fingerprint density at radius 1 is 1.00 bits per heavy atom. The molecule has 2 aromatic carbocycles. The molecule has 7 heteroatoms. The third-order valence-corrected chi connectivity index (χ3v) is 3.80. The predicted octanol–water partition coefficient (Wildman–Crippen LogP) is 4.00. The lowest BCUT2D eigenvalue weighted by atomic mass is 10.2. The SMILES string of the molecule is Nc1nc(-c2ccccc2)nc2n[nH]c(Nc3cccc(Cl)c3)c12. The second kappa shape index (κ2) is 5.82. The van der Waals surface area contributed by atoms with Crippen molar-refractivity contribution < 1.29 is 0 Å². The minimum absolute atomic E-state index is 0.358. The van der Waals surface area contributed by atoms with E-state index in [1.165, 1.54) is 0 Å². The number of aromatic nitrogens is 4. The maximum Gasteiger partial charge on any atom is 0.188 e. The molecule has 118 valence electrons. The highest BCUT2D eigenvalue weighted by Crippen LogP contribution is 2.29. The Morgan fingerprint density at radius 2 is 1.83 bits per heavy atom. The van der Waals surface area contributed by atoms with Crippen molar-refractivity contribution in [2.75, 3.05) is 11.1 Å². The van der Waals surface area contributed by atoms with Gasteiger partial charge in [0.25, 0.3) is 0 Å². The average Bonchev–Trinajstić information content (AvgIpc) is 2.99. The van der Waals surface area contributed by atoms with Gasteiger partial charge in [-0.25, -0.2) is 9.97 Å². The average molecular weight is 337 g/mol. The first-order valence-electron chi connectivity index (χ1n) is 7.30. The molecule has 0 fully saturated rings. The molecule has 6 nitrogen and oxygen atoms in total. The quantitative estimate of drug-likeness (QED) is 0.526. The number of rotatable bonds is 3. The van der Waals surface area contributed by atoms with Gasteiger partial charge in [0.15, 0.2) is 11.5 Å². The number of aromatic amines is 1. The van der Waals surface area contributed by atoms with E-state index in [2.05, 4.69) is 25.5 Å². The molecule has 0 aliphatic rings. The Morgan fingerprint density at radius 3 is 2.62 bits per heavy atom. The minimum atomic E-state index is 0.358. The van der Waals surface area contributed by atoms with Gasteiger partial charge in [0, 0.05) is 16.3 Å². The summed E-state index contributed by atoms with van der Waals surface area (Å²) in [5.74, 6) is 1.53. The van der Waals surface area contributed by atoms with E-state index in [0.29, 0.717) is 33.5 Å². The number of nitrogens with one attached hydrogen (secondary N) is 2. The van der Waals surface area contributed by atoms with E-state index in [4.69, 9.17) is 17.3 Å². The molecule has 2 aromatic heterocycles. The highest BCUT2D eigenvalue weighted by atomic mass is 35.5. The molecule has 0 amide bonds. The minimum Gasteiger partial charge on any atom is -0.383 e. The number of fused-ring (bicyclic) bond motifs is 1. The van der Waals surface area contributed by atoms with Gasteiger partial charge in [-0.1, -0.05) is 48.0 Å². The van der Waals surface area contributed by atoms with Crippen LogP contribution in [0.2, 0.25) is 5.02 Å². The molecule has 0 aliphatic carbocycles. The number of benzene rings is 2. The highest BCUT2D eigenvalue weighted by molar-refractivity contribution is 6.30. The molecular weight excluding hydrogens is 324 g/mol. The number of hydrogen-bond donors (Lipinski definition) is 3. The van der Waals surface area contributed by atoms with E-state index in [-0.39, 0.29) is 0 Å². The summed E-state index contributed by atoms with van der Waals surface area (Å²) in [6.07, 6.45) is 0. The van der Waals surface area contributed by atoms with Crippen LogP contribution in [0.5, 0.6) is 0 Å². The van der Waals surface area contributed by atoms with E-state index in [1.807, 2.05) is 48.5 Å². The van der Waals surface area contributed by atoms with Gasteiger partial charge < -0.3 is 11.1 Å². The highest BCUT2D eigenvalue weighted by Gasteiger charge is 2.14. The number of nitrogens with two attached hydrogens (primary N) is 1. The van der Waals surface area contributed by atoms with Crippen LogP contribution in [0.1, 0.15) is 0 Å². The lowest BCUT2D eigenvalue weighted by Gasteiger charge is -2.06.